The SMILES string of the molecule is O=C1c2ccc(C3CCCCO3)cc2OC(c2ccc(OCCN3CCCCC3)cc2)C1c1ccc(OC2CCCCO2)cc1. The van der Waals surface area contributed by atoms with Crippen LogP contribution < -0.4 is 14.2 Å². The first kappa shape index (κ1) is 30.3. The highest BCUT2D eigenvalue weighted by Gasteiger charge is 2.40. The zero-order chi connectivity index (χ0) is 30.4. The molecule has 0 bridgehead atoms. The molecule has 238 valence electrons. The maximum atomic E-state index is 14.3. The van der Waals surface area contributed by atoms with Gasteiger partial charge in [0.15, 0.2) is 12.1 Å². The molecule has 3 aromatic carbocycles. The summed E-state index contributed by atoms with van der Waals surface area (Å²) >= 11 is 0. The maximum absolute atomic E-state index is 14.3. The van der Waals surface area contributed by atoms with Crippen LogP contribution in [-0.2, 0) is 9.47 Å². The Morgan fingerprint density at radius 3 is 2.16 bits per heavy atom. The molecular weight excluding hydrogens is 566 g/mol. The van der Waals surface area contributed by atoms with Crippen LogP contribution in [0.1, 0.15) is 103 Å². The van der Waals surface area contributed by atoms with Gasteiger partial charge in [0, 0.05) is 19.6 Å². The molecule has 4 aliphatic heterocycles. The van der Waals surface area contributed by atoms with E-state index in [1.807, 2.05) is 66.7 Å². The first-order chi connectivity index (χ1) is 22.2. The monoisotopic (exact) mass is 611 g/mol. The molecule has 4 heterocycles. The van der Waals surface area contributed by atoms with Crippen LogP contribution in [0, 0.1) is 0 Å². The molecule has 0 aliphatic carbocycles. The van der Waals surface area contributed by atoms with Crippen molar-refractivity contribution in [2.24, 2.45) is 0 Å². The number of piperidine rings is 1. The van der Waals surface area contributed by atoms with Crippen molar-refractivity contribution in [3.63, 3.8) is 0 Å². The molecular formula is C38H45NO6. The Kier molecular flexibility index (Phi) is 9.66. The van der Waals surface area contributed by atoms with Gasteiger partial charge in [-0.25, -0.2) is 0 Å². The lowest BCUT2D eigenvalue weighted by molar-refractivity contribution is -0.105. The second-order valence-corrected chi connectivity index (χ2v) is 12.8. The third kappa shape index (κ3) is 7.21. The third-order valence-electron chi connectivity index (χ3n) is 9.64. The van der Waals surface area contributed by atoms with Crippen molar-refractivity contribution < 1.29 is 28.5 Å². The Morgan fingerprint density at radius 1 is 0.711 bits per heavy atom. The molecule has 3 aromatic rings. The van der Waals surface area contributed by atoms with E-state index in [1.54, 1.807) is 0 Å². The van der Waals surface area contributed by atoms with Crippen molar-refractivity contribution in [2.45, 2.75) is 82.2 Å². The molecule has 7 nitrogen and oxygen atoms in total. The largest absolute Gasteiger partial charge is 0.492 e. The smallest absolute Gasteiger partial charge is 0.199 e. The van der Waals surface area contributed by atoms with Gasteiger partial charge in [0.05, 0.1) is 24.2 Å². The zero-order valence-electron chi connectivity index (χ0n) is 26.2. The maximum Gasteiger partial charge on any atom is 0.199 e. The van der Waals surface area contributed by atoms with Gasteiger partial charge in [0.2, 0.25) is 0 Å². The predicted molar refractivity (Wildman–Crippen MR) is 172 cm³/mol. The summed E-state index contributed by atoms with van der Waals surface area (Å²) < 4.78 is 30.8. The summed E-state index contributed by atoms with van der Waals surface area (Å²) in [7, 11) is 0. The van der Waals surface area contributed by atoms with Crippen LogP contribution in [0.15, 0.2) is 66.7 Å². The van der Waals surface area contributed by atoms with Gasteiger partial charge in [-0.2, -0.15) is 0 Å². The number of ether oxygens (including phenoxy) is 5. The van der Waals surface area contributed by atoms with Crippen LogP contribution in [0.4, 0.5) is 0 Å². The Morgan fingerprint density at radius 2 is 1.42 bits per heavy atom. The van der Waals surface area contributed by atoms with E-state index in [1.165, 1.54) is 19.3 Å². The number of carbonyl (C=O) groups excluding carboxylic acids is 1. The van der Waals surface area contributed by atoms with E-state index in [2.05, 4.69) is 4.90 Å². The van der Waals surface area contributed by atoms with Crippen LogP contribution in [0.25, 0.3) is 0 Å². The van der Waals surface area contributed by atoms with Gasteiger partial charge in [0.1, 0.15) is 30.0 Å². The van der Waals surface area contributed by atoms with Crippen LogP contribution in [-0.4, -0.2) is 56.4 Å². The fraction of sp³-hybridized carbons (Fsp3) is 0.500. The van der Waals surface area contributed by atoms with Crippen molar-refractivity contribution >= 4 is 5.78 Å². The lowest BCUT2D eigenvalue weighted by Crippen LogP contribution is -2.33. The molecule has 4 unspecified atom stereocenters. The topological polar surface area (TPSA) is 66.5 Å². The summed E-state index contributed by atoms with van der Waals surface area (Å²) in [6.07, 6.45) is 9.52. The summed E-state index contributed by atoms with van der Waals surface area (Å²) in [6.45, 7) is 5.43. The number of carbonyl (C=O) groups is 1. The quantitative estimate of drug-likeness (QED) is 0.245. The van der Waals surface area contributed by atoms with Gasteiger partial charge in [-0.05, 0) is 111 Å². The average molecular weight is 612 g/mol. The fourth-order valence-corrected chi connectivity index (χ4v) is 7.08. The van der Waals surface area contributed by atoms with E-state index < -0.39 is 12.0 Å². The van der Waals surface area contributed by atoms with Crippen LogP contribution in [0.5, 0.6) is 17.2 Å². The minimum Gasteiger partial charge on any atom is -0.492 e. The molecule has 3 fully saturated rings. The van der Waals surface area contributed by atoms with Gasteiger partial charge in [0.25, 0.3) is 0 Å². The molecule has 0 aromatic heterocycles. The Bertz CT molecular complexity index is 1410. The summed E-state index contributed by atoms with van der Waals surface area (Å²) in [5.41, 5.74) is 3.53. The van der Waals surface area contributed by atoms with E-state index in [0.29, 0.717) is 17.9 Å². The second kappa shape index (κ2) is 14.4. The molecule has 7 rings (SSSR count). The summed E-state index contributed by atoms with van der Waals surface area (Å²) in [5.74, 6) is 1.76. The third-order valence-corrected chi connectivity index (χ3v) is 9.64. The van der Waals surface area contributed by atoms with Crippen molar-refractivity contribution in [1.82, 2.24) is 4.90 Å². The standard InChI is InChI=1S/C38H45NO6/c40-37-32-19-14-29(33-8-2-6-23-42-33)26-34(32)45-38(28-12-15-30(16-13-28)41-25-22-39-20-4-1-5-21-39)36(37)27-10-17-31(18-11-27)44-35-9-3-7-24-43-35/h10-19,26,33,35-36,38H,1-9,20-25H2. The lowest BCUT2D eigenvalue weighted by atomic mass is 9.80. The number of likely N-dealkylation sites (tertiary alicyclic amines) is 1. The van der Waals surface area contributed by atoms with Gasteiger partial charge in [-0.1, -0.05) is 36.8 Å². The summed E-state index contributed by atoms with van der Waals surface area (Å²) in [6, 6.07) is 21.9. The predicted octanol–water partition coefficient (Wildman–Crippen LogP) is 7.80. The summed E-state index contributed by atoms with van der Waals surface area (Å²) in [4.78, 5) is 16.7. The molecule has 7 heteroatoms. The van der Waals surface area contributed by atoms with E-state index >= 15 is 0 Å². The number of fused-ring (bicyclic) bond motifs is 1. The van der Waals surface area contributed by atoms with E-state index in [9.17, 15) is 4.79 Å². The molecule has 45 heavy (non-hydrogen) atoms. The van der Waals surface area contributed by atoms with Gasteiger partial charge in [-0.15, -0.1) is 0 Å². The van der Waals surface area contributed by atoms with Crippen molar-refractivity contribution in [2.75, 3.05) is 39.5 Å². The minimum atomic E-state index is -0.500. The normalized spacial score (nSPS) is 25.6. The van der Waals surface area contributed by atoms with Crippen LogP contribution in [0.2, 0.25) is 0 Å². The van der Waals surface area contributed by atoms with Gasteiger partial charge in [-0.3, -0.25) is 9.69 Å². The Labute approximate surface area is 266 Å². The molecule has 3 saturated heterocycles. The second-order valence-electron chi connectivity index (χ2n) is 12.8. The van der Waals surface area contributed by atoms with Crippen LogP contribution in [0.3, 0.4) is 0 Å². The number of hydrogen-bond acceptors (Lipinski definition) is 7. The van der Waals surface area contributed by atoms with Crippen molar-refractivity contribution in [1.29, 1.82) is 0 Å². The molecule has 0 spiro atoms. The number of rotatable bonds is 9. The molecule has 4 aliphatic rings. The molecule has 0 amide bonds. The summed E-state index contributed by atoms with van der Waals surface area (Å²) in [5, 5.41) is 0. The highest BCUT2D eigenvalue weighted by Crippen LogP contribution is 2.46. The van der Waals surface area contributed by atoms with Crippen molar-refractivity contribution in [3.8, 4) is 17.2 Å². The van der Waals surface area contributed by atoms with Gasteiger partial charge >= 0.3 is 0 Å². The highest BCUT2D eigenvalue weighted by molar-refractivity contribution is 6.04. The van der Waals surface area contributed by atoms with E-state index in [4.69, 9.17) is 23.7 Å². The number of hydrogen-bond donors (Lipinski definition) is 0. The Balaban J connectivity index is 1.12. The zero-order valence-corrected chi connectivity index (χ0v) is 26.2. The number of benzene rings is 3. The number of nitrogens with zero attached hydrogens (tertiary/aromatic N) is 1. The molecule has 0 radical (unpaired) electrons. The number of Topliss-reactive ketones (excluding diaryl/α,β-unsaturated/α-hetero) is 1. The van der Waals surface area contributed by atoms with E-state index in [0.717, 1.165) is 99.6 Å². The lowest BCUT2D eigenvalue weighted by Gasteiger charge is -2.34. The molecule has 4 atom stereocenters. The molecule has 0 N–H and O–H groups in total. The van der Waals surface area contributed by atoms with Gasteiger partial charge < -0.3 is 23.7 Å². The highest BCUT2D eigenvalue weighted by atomic mass is 16.7. The minimum absolute atomic E-state index is 0.0426. The Hall–Kier alpha value is -3.39. The average Bonchev–Trinajstić information content (AvgIpc) is 3.10. The first-order valence-corrected chi connectivity index (χ1v) is 17.0. The molecule has 0 saturated carbocycles. The first-order valence-electron chi connectivity index (χ1n) is 17.0. The van der Waals surface area contributed by atoms with Crippen LogP contribution >= 0.6 is 0 Å². The van der Waals surface area contributed by atoms with Crippen molar-refractivity contribution in [3.05, 3.63) is 89.0 Å². The fourth-order valence-electron chi connectivity index (χ4n) is 7.08. The number of ketones is 1. The van der Waals surface area contributed by atoms with E-state index in [-0.39, 0.29) is 18.2 Å².